The summed E-state index contributed by atoms with van der Waals surface area (Å²) in [5, 5.41) is 2.06. The lowest BCUT2D eigenvalue weighted by Crippen LogP contribution is -2.39. The maximum atomic E-state index is 13.7. The summed E-state index contributed by atoms with van der Waals surface area (Å²) >= 11 is 7.15. The number of alkyl halides is 3. The quantitative estimate of drug-likeness (QED) is 0.370. The second kappa shape index (κ2) is 9.71. The zero-order valence-corrected chi connectivity index (χ0v) is 19.9. The molecule has 0 saturated carbocycles. The molecule has 3 aromatic rings. The van der Waals surface area contributed by atoms with E-state index in [0.29, 0.717) is 32.4 Å². The van der Waals surface area contributed by atoms with Crippen molar-refractivity contribution in [2.75, 3.05) is 18.0 Å². The molecule has 34 heavy (non-hydrogen) atoms. The van der Waals surface area contributed by atoms with Crippen LogP contribution < -0.4 is 9.64 Å². The molecule has 1 aliphatic heterocycles. The number of nitrogens with zero attached hydrogens (tertiary/aromatic N) is 2. The highest BCUT2D eigenvalue weighted by Gasteiger charge is 2.33. The third-order valence-electron chi connectivity index (χ3n) is 5.45. The Balaban J connectivity index is 1.37. The van der Waals surface area contributed by atoms with Crippen molar-refractivity contribution in [1.29, 1.82) is 0 Å². The van der Waals surface area contributed by atoms with Crippen molar-refractivity contribution in [2.24, 2.45) is 0 Å². The molecular formula is C22H19ClF4N2O3S2. The Morgan fingerprint density at radius 1 is 1.12 bits per heavy atom. The van der Waals surface area contributed by atoms with E-state index in [9.17, 15) is 26.0 Å². The molecule has 2 heterocycles. The lowest BCUT2D eigenvalue weighted by molar-refractivity contribution is -0.274. The van der Waals surface area contributed by atoms with Crippen molar-refractivity contribution in [3.63, 3.8) is 0 Å². The first-order valence-electron chi connectivity index (χ1n) is 10.2. The largest absolute Gasteiger partial charge is 0.573 e. The van der Waals surface area contributed by atoms with Gasteiger partial charge in [-0.1, -0.05) is 17.7 Å². The van der Waals surface area contributed by atoms with Gasteiger partial charge in [0.1, 0.15) is 11.6 Å². The van der Waals surface area contributed by atoms with Crippen LogP contribution in [0.4, 0.5) is 22.7 Å². The van der Waals surface area contributed by atoms with Gasteiger partial charge in [-0.3, -0.25) is 0 Å². The van der Waals surface area contributed by atoms with Crippen molar-refractivity contribution in [2.45, 2.75) is 35.8 Å². The molecule has 4 rings (SSSR count). The number of aromatic nitrogens is 1. The highest BCUT2D eigenvalue weighted by Crippen LogP contribution is 2.31. The van der Waals surface area contributed by atoms with E-state index in [1.807, 2.05) is 10.3 Å². The van der Waals surface area contributed by atoms with Gasteiger partial charge in [0, 0.05) is 24.9 Å². The fourth-order valence-electron chi connectivity index (χ4n) is 3.76. The molecule has 0 aliphatic carbocycles. The minimum atomic E-state index is -4.84. The van der Waals surface area contributed by atoms with Crippen molar-refractivity contribution < 1.29 is 30.7 Å². The average molecular weight is 535 g/mol. The number of halogens is 5. The first kappa shape index (κ1) is 24.7. The smallest absolute Gasteiger partial charge is 0.406 e. The summed E-state index contributed by atoms with van der Waals surface area (Å²) in [7, 11) is -3.70. The van der Waals surface area contributed by atoms with E-state index in [2.05, 4.69) is 9.72 Å². The monoisotopic (exact) mass is 534 g/mol. The molecule has 0 unspecified atom stereocenters. The summed E-state index contributed by atoms with van der Waals surface area (Å²) in [5.74, 6) is -0.956. The van der Waals surface area contributed by atoms with Crippen molar-refractivity contribution in [1.82, 2.24) is 4.98 Å². The number of benzene rings is 2. The van der Waals surface area contributed by atoms with E-state index >= 15 is 0 Å². The lowest BCUT2D eigenvalue weighted by atomic mass is 10.1. The Hall–Kier alpha value is -2.37. The van der Waals surface area contributed by atoms with Crippen LogP contribution in [0, 0.1) is 5.82 Å². The van der Waals surface area contributed by atoms with Gasteiger partial charge in [0.2, 0.25) is 0 Å². The molecule has 0 radical (unpaired) electrons. The molecule has 1 fully saturated rings. The van der Waals surface area contributed by atoms with Crippen LogP contribution in [-0.2, 0) is 16.3 Å². The standard InChI is InChI=1S/C22H19ClF4N2O3S2/c23-19-6-1-14(12-20(19)24)11-15-13-33-21(28-15)29-9-7-18(8-10-29)34(30,31)17-4-2-16(3-5-17)32-22(25,26)27/h1-6,12-13,18H,7-11H2. The van der Waals surface area contributed by atoms with Gasteiger partial charge in [0.05, 0.1) is 20.9 Å². The number of hydrogen-bond donors (Lipinski definition) is 0. The Kier molecular flexibility index (Phi) is 7.07. The lowest BCUT2D eigenvalue weighted by Gasteiger charge is -2.31. The molecule has 5 nitrogen and oxygen atoms in total. The zero-order valence-electron chi connectivity index (χ0n) is 17.6. The molecular weight excluding hydrogens is 516 g/mol. The first-order chi connectivity index (χ1) is 16.0. The van der Waals surface area contributed by atoms with Crippen molar-refractivity contribution in [3.8, 4) is 5.75 Å². The van der Waals surface area contributed by atoms with Crippen LogP contribution in [0.3, 0.4) is 0 Å². The summed E-state index contributed by atoms with van der Waals surface area (Å²) in [4.78, 5) is 6.57. The Bertz CT molecular complexity index is 1260. The molecule has 182 valence electrons. The second-order valence-corrected chi connectivity index (χ2v) is 11.3. The summed E-state index contributed by atoms with van der Waals surface area (Å²) in [6.45, 7) is 0.948. The van der Waals surface area contributed by atoms with Gasteiger partial charge in [-0.25, -0.2) is 17.8 Å². The second-order valence-electron chi connectivity index (χ2n) is 7.80. The molecule has 12 heteroatoms. The third kappa shape index (κ3) is 5.81. The normalized spacial score (nSPS) is 15.5. The van der Waals surface area contributed by atoms with Crippen LogP contribution in [0.2, 0.25) is 5.02 Å². The van der Waals surface area contributed by atoms with E-state index in [1.165, 1.54) is 23.5 Å². The van der Waals surface area contributed by atoms with Gasteiger partial charge < -0.3 is 9.64 Å². The van der Waals surface area contributed by atoms with E-state index in [4.69, 9.17) is 11.6 Å². The van der Waals surface area contributed by atoms with E-state index in [0.717, 1.165) is 40.7 Å². The van der Waals surface area contributed by atoms with Gasteiger partial charge in [-0.2, -0.15) is 0 Å². The Morgan fingerprint density at radius 3 is 2.41 bits per heavy atom. The zero-order chi connectivity index (χ0) is 24.5. The predicted octanol–water partition coefficient (Wildman–Crippen LogP) is 5.87. The minimum Gasteiger partial charge on any atom is -0.406 e. The molecule has 0 spiro atoms. The molecule has 0 N–H and O–H groups in total. The topological polar surface area (TPSA) is 59.5 Å². The van der Waals surface area contributed by atoms with Gasteiger partial charge >= 0.3 is 6.36 Å². The predicted molar refractivity (Wildman–Crippen MR) is 122 cm³/mol. The van der Waals surface area contributed by atoms with Gasteiger partial charge in [-0.05, 0) is 54.8 Å². The Labute approximate surface area is 202 Å². The van der Waals surface area contributed by atoms with Crippen molar-refractivity contribution >= 4 is 37.9 Å². The minimum absolute atomic E-state index is 0.0350. The van der Waals surface area contributed by atoms with Gasteiger partial charge in [-0.15, -0.1) is 24.5 Å². The summed E-state index contributed by atoms with van der Waals surface area (Å²) in [6, 6.07) is 8.88. The van der Waals surface area contributed by atoms with E-state index in [1.54, 1.807) is 6.07 Å². The highest BCUT2D eigenvalue weighted by atomic mass is 35.5. The highest BCUT2D eigenvalue weighted by molar-refractivity contribution is 7.92. The number of ether oxygens (including phenoxy) is 1. The number of anilines is 1. The fourth-order valence-corrected chi connectivity index (χ4v) is 6.49. The molecule has 1 aliphatic rings. The Morgan fingerprint density at radius 2 is 1.79 bits per heavy atom. The molecule has 0 atom stereocenters. The van der Waals surface area contributed by atoms with E-state index in [-0.39, 0.29) is 9.92 Å². The molecule has 0 amide bonds. The number of sulfone groups is 1. The molecule has 1 aromatic heterocycles. The molecule has 0 bridgehead atoms. The fraction of sp³-hybridized carbons (Fsp3) is 0.318. The maximum Gasteiger partial charge on any atom is 0.573 e. The van der Waals surface area contributed by atoms with Crippen molar-refractivity contribution in [3.05, 3.63) is 69.9 Å². The van der Waals surface area contributed by atoms with E-state index < -0.39 is 33.0 Å². The molecule has 1 saturated heterocycles. The summed E-state index contributed by atoms with van der Waals surface area (Å²) in [6.07, 6.45) is -3.67. The van der Waals surface area contributed by atoms with Gasteiger partial charge in [0.25, 0.3) is 0 Å². The van der Waals surface area contributed by atoms with Crippen LogP contribution in [0.5, 0.6) is 5.75 Å². The average Bonchev–Trinajstić information content (AvgIpc) is 3.24. The van der Waals surface area contributed by atoms with Crippen LogP contribution in [0.25, 0.3) is 0 Å². The summed E-state index contributed by atoms with van der Waals surface area (Å²) in [5.41, 5.74) is 1.52. The van der Waals surface area contributed by atoms with Crippen LogP contribution >= 0.6 is 22.9 Å². The SMILES string of the molecule is O=S(=O)(c1ccc(OC(F)(F)F)cc1)C1CCN(c2nc(Cc3ccc(Cl)c(F)c3)cs2)CC1. The van der Waals surface area contributed by atoms with Crippen LogP contribution in [0.15, 0.2) is 52.7 Å². The maximum absolute atomic E-state index is 13.7. The molecule has 2 aromatic carbocycles. The van der Waals surface area contributed by atoms with Crippen LogP contribution in [0.1, 0.15) is 24.1 Å². The number of piperidine rings is 1. The number of hydrogen-bond acceptors (Lipinski definition) is 6. The first-order valence-corrected chi connectivity index (χ1v) is 13.0. The van der Waals surface area contributed by atoms with Crippen LogP contribution in [-0.4, -0.2) is 38.1 Å². The van der Waals surface area contributed by atoms with Gasteiger partial charge in [0.15, 0.2) is 15.0 Å². The number of thiazole rings is 1. The summed E-state index contributed by atoms with van der Waals surface area (Å²) < 4.78 is 80.3. The third-order valence-corrected chi connectivity index (χ3v) is 8.98. The number of rotatable bonds is 6.